The van der Waals surface area contributed by atoms with Crippen LogP contribution in [0.2, 0.25) is 13.1 Å². The molecule has 3 nitrogen and oxygen atoms in total. The molecule has 0 radical (unpaired) electrons. The minimum atomic E-state index is 0.0746. The molecule has 1 aliphatic heterocycles. The summed E-state index contributed by atoms with van der Waals surface area (Å²) in [5, 5.41) is 9.06. The highest BCUT2D eigenvalue weighted by Gasteiger charge is 2.26. The molecule has 2 aromatic rings. The summed E-state index contributed by atoms with van der Waals surface area (Å²) in [4.78, 5) is 4.07. The van der Waals surface area contributed by atoms with Crippen molar-refractivity contribution in [3.63, 3.8) is 0 Å². The zero-order chi connectivity index (χ0) is 16.7. The van der Waals surface area contributed by atoms with Gasteiger partial charge in [-0.3, -0.25) is 4.98 Å². The average Bonchev–Trinajstić information content (AvgIpc) is 2.64. The standard InChI is InChI=1S/C17H17BN2O.C2H6/c1-18(12-19)11-14-7-10-21-17-15(3-2-4-16(14)17)13-5-8-20-9-6-13;1-2/h2-6,8-9,14H,7,10-11H2,1H3;1-2H3. The molecule has 118 valence electrons. The van der Waals surface area contributed by atoms with Crippen LogP contribution in [0.3, 0.4) is 0 Å². The van der Waals surface area contributed by atoms with Gasteiger partial charge >= 0.3 is 0 Å². The number of ether oxygens (including phenoxy) is 1. The van der Waals surface area contributed by atoms with E-state index in [1.807, 2.05) is 32.8 Å². The Balaban J connectivity index is 0.000000924. The number of benzene rings is 1. The molecule has 0 saturated heterocycles. The monoisotopic (exact) mass is 306 g/mol. The van der Waals surface area contributed by atoms with E-state index in [4.69, 9.17) is 10.00 Å². The first-order chi connectivity index (χ1) is 11.3. The maximum absolute atomic E-state index is 9.06. The predicted octanol–water partition coefficient (Wildman–Crippen LogP) is 4.83. The van der Waals surface area contributed by atoms with Crippen LogP contribution in [0, 0.1) is 11.2 Å². The zero-order valence-electron chi connectivity index (χ0n) is 14.1. The Hall–Kier alpha value is -2.28. The number of nitriles is 1. The van der Waals surface area contributed by atoms with Gasteiger partial charge in [-0.2, -0.15) is 0 Å². The number of para-hydroxylation sites is 1. The third-order valence-corrected chi connectivity index (χ3v) is 4.05. The minimum Gasteiger partial charge on any atom is -0.493 e. The molecule has 0 amide bonds. The molecule has 1 aliphatic rings. The first kappa shape index (κ1) is 17.1. The molecule has 23 heavy (non-hydrogen) atoms. The molecule has 0 saturated carbocycles. The van der Waals surface area contributed by atoms with Gasteiger partial charge in [0, 0.05) is 23.9 Å². The second-order valence-corrected chi connectivity index (χ2v) is 5.56. The average molecular weight is 306 g/mol. The van der Waals surface area contributed by atoms with E-state index in [9.17, 15) is 0 Å². The van der Waals surface area contributed by atoms with Gasteiger partial charge in [0.2, 0.25) is 0 Å². The van der Waals surface area contributed by atoms with Gasteiger partial charge in [0.1, 0.15) is 5.75 Å². The minimum absolute atomic E-state index is 0.0746. The largest absolute Gasteiger partial charge is 0.493 e. The summed E-state index contributed by atoms with van der Waals surface area (Å²) in [6, 6.07) is 10.3. The van der Waals surface area contributed by atoms with Crippen molar-refractivity contribution < 1.29 is 4.74 Å². The quantitative estimate of drug-likeness (QED) is 0.763. The Kier molecular flexibility index (Phi) is 6.23. The van der Waals surface area contributed by atoms with Gasteiger partial charge in [-0.05, 0) is 35.6 Å². The van der Waals surface area contributed by atoms with Gasteiger partial charge in [-0.1, -0.05) is 45.2 Å². The van der Waals surface area contributed by atoms with Crippen molar-refractivity contribution in [1.29, 1.82) is 5.26 Å². The molecule has 0 aliphatic carbocycles. The molecule has 3 rings (SSSR count). The molecule has 1 aromatic carbocycles. The fourth-order valence-electron chi connectivity index (χ4n) is 2.98. The summed E-state index contributed by atoms with van der Waals surface area (Å²) in [5.41, 5.74) is 3.47. The van der Waals surface area contributed by atoms with Gasteiger partial charge in [0.15, 0.2) is 0 Å². The summed E-state index contributed by atoms with van der Waals surface area (Å²) in [5.74, 6) is 3.72. The number of hydrogen-bond acceptors (Lipinski definition) is 3. The highest BCUT2D eigenvalue weighted by molar-refractivity contribution is 6.65. The summed E-state index contributed by atoms with van der Waals surface area (Å²) < 4.78 is 5.95. The van der Waals surface area contributed by atoms with Crippen LogP contribution in [0.25, 0.3) is 11.1 Å². The topological polar surface area (TPSA) is 45.9 Å². The van der Waals surface area contributed by atoms with Crippen LogP contribution >= 0.6 is 0 Å². The Bertz CT molecular complexity index is 667. The zero-order valence-corrected chi connectivity index (χ0v) is 14.1. The van der Waals surface area contributed by atoms with Crippen LogP contribution in [0.4, 0.5) is 0 Å². The van der Waals surface area contributed by atoms with E-state index in [1.54, 1.807) is 12.4 Å². The van der Waals surface area contributed by atoms with E-state index in [0.717, 1.165) is 36.2 Å². The number of pyridine rings is 1. The van der Waals surface area contributed by atoms with Crippen molar-refractivity contribution >= 4 is 6.71 Å². The Labute approximate surface area is 139 Å². The first-order valence-corrected chi connectivity index (χ1v) is 8.35. The highest BCUT2D eigenvalue weighted by atomic mass is 16.5. The molecule has 0 N–H and O–H groups in total. The van der Waals surface area contributed by atoms with Crippen LogP contribution in [-0.2, 0) is 0 Å². The first-order valence-electron chi connectivity index (χ1n) is 8.35. The number of fused-ring (bicyclic) bond motifs is 1. The summed E-state index contributed by atoms with van der Waals surface area (Å²) in [6.45, 7) is 6.78. The van der Waals surface area contributed by atoms with E-state index in [-0.39, 0.29) is 6.71 Å². The van der Waals surface area contributed by atoms with E-state index < -0.39 is 0 Å². The summed E-state index contributed by atoms with van der Waals surface area (Å²) in [7, 11) is 0. The fraction of sp³-hybridized carbons (Fsp3) is 0.368. The molecule has 0 spiro atoms. The predicted molar refractivity (Wildman–Crippen MR) is 95.9 cm³/mol. The van der Waals surface area contributed by atoms with Crippen molar-refractivity contribution in [3.05, 3.63) is 48.3 Å². The van der Waals surface area contributed by atoms with Crippen LogP contribution in [0.5, 0.6) is 5.75 Å². The van der Waals surface area contributed by atoms with Crippen molar-refractivity contribution in [2.24, 2.45) is 0 Å². The van der Waals surface area contributed by atoms with E-state index in [2.05, 4.69) is 29.2 Å². The molecular formula is C19H23BN2O. The molecule has 1 unspecified atom stereocenters. The van der Waals surface area contributed by atoms with Crippen molar-refractivity contribution in [2.45, 2.75) is 39.3 Å². The maximum Gasteiger partial charge on any atom is 0.265 e. The molecule has 1 aromatic heterocycles. The Morgan fingerprint density at radius 1 is 1.26 bits per heavy atom. The summed E-state index contributed by atoms with van der Waals surface area (Å²) in [6.07, 6.45) is 5.48. The third-order valence-electron chi connectivity index (χ3n) is 4.05. The highest BCUT2D eigenvalue weighted by Crippen LogP contribution is 2.42. The lowest BCUT2D eigenvalue weighted by Crippen LogP contribution is -2.19. The lowest BCUT2D eigenvalue weighted by atomic mass is 9.48. The van der Waals surface area contributed by atoms with Crippen LogP contribution < -0.4 is 4.74 Å². The molecule has 0 fully saturated rings. The van der Waals surface area contributed by atoms with Gasteiger partial charge in [0.05, 0.1) is 6.61 Å². The van der Waals surface area contributed by atoms with Gasteiger partial charge in [0.25, 0.3) is 6.71 Å². The fourth-order valence-corrected chi connectivity index (χ4v) is 2.98. The van der Waals surface area contributed by atoms with Crippen LogP contribution in [0.15, 0.2) is 42.7 Å². The third kappa shape index (κ3) is 3.93. The second-order valence-electron chi connectivity index (χ2n) is 5.56. The second kappa shape index (κ2) is 8.38. The number of aromatic nitrogens is 1. The number of hydrogen-bond donors (Lipinski definition) is 0. The van der Waals surface area contributed by atoms with Gasteiger partial charge in [-0.25, -0.2) is 5.26 Å². The lowest BCUT2D eigenvalue weighted by molar-refractivity contribution is 0.273. The number of rotatable bonds is 3. The van der Waals surface area contributed by atoms with E-state index in [0.29, 0.717) is 5.92 Å². The van der Waals surface area contributed by atoms with Crippen molar-refractivity contribution in [1.82, 2.24) is 4.98 Å². The van der Waals surface area contributed by atoms with Crippen LogP contribution in [0.1, 0.15) is 31.7 Å². The van der Waals surface area contributed by atoms with Crippen molar-refractivity contribution in [2.75, 3.05) is 6.61 Å². The smallest absolute Gasteiger partial charge is 0.265 e. The molecule has 4 heteroatoms. The SMILES string of the molecule is CB(C#N)CC1CCOc2c(-c3ccncc3)cccc21.CC. The molecule has 1 atom stereocenters. The molecule has 2 heterocycles. The molecule has 0 bridgehead atoms. The summed E-state index contributed by atoms with van der Waals surface area (Å²) >= 11 is 0. The van der Waals surface area contributed by atoms with Gasteiger partial charge in [-0.15, -0.1) is 0 Å². The Morgan fingerprint density at radius 3 is 2.70 bits per heavy atom. The number of nitrogens with zero attached hydrogens (tertiary/aromatic N) is 2. The van der Waals surface area contributed by atoms with Crippen molar-refractivity contribution in [3.8, 4) is 22.8 Å². The normalized spacial score (nSPS) is 15.3. The van der Waals surface area contributed by atoms with Crippen LogP contribution in [-0.4, -0.2) is 18.3 Å². The van der Waals surface area contributed by atoms with E-state index in [1.165, 1.54) is 5.56 Å². The Morgan fingerprint density at radius 2 is 2.00 bits per heavy atom. The van der Waals surface area contributed by atoms with Gasteiger partial charge < -0.3 is 4.74 Å². The lowest BCUT2D eigenvalue weighted by Gasteiger charge is -2.28. The van der Waals surface area contributed by atoms with E-state index >= 15 is 0 Å². The molecular weight excluding hydrogens is 283 g/mol. The maximum atomic E-state index is 9.06.